The molecule has 0 spiro atoms. The van der Waals surface area contributed by atoms with Crippen LogP contribution in [0.5, 0.6) is 11.5 Å². The van der Waals surface area contributed by atoms with Crippen molar-refractivity contribution in [2.24, 2.45) is 5.41 Å². The first-order chi connectivity index (χ1) is 9.31. The van der Waals surface area contributed by atoms with E-state index < -0.39 is 17.3 Å². The van der Waals surface area contributed by atoms with Gasteiger partial charge in [0.05, 0.1) is 10.4 Å². The van der Waals surface area contributed by atoms with Crippen molar-refractivity contribution >= 4 is 23.5 Å². The van der Waals surface area contributed by atoms with Crippen molar-refractivity contribution in [3.63, 3.8) is 0 Å². The molecule has 0 fully saturated rings. The smallest absolute Gasteiger partial charge is 0.310 e. The number of aliphatic carboxylic acids is 1. The maximum atomic E-state index is 12.0. The average molecular weight is 300 g/mol. The summed E-state index contributed by atoms with van der Waals surface area (Å²) in [5, 5.41) is 11.8. The van der Waals surface area contributed by atoms with Crippen LogP contribution < -0.4 is 14.8 Å². The first-order valence-electron chi connectivity index (χ1n) is 5.92. The molecule has 0 unspecified atom stereocenters. The van der Waals surface area contributed by atoms with Crippen LogP contribution >= 0.6 is 11.6 Å². The molecular weight excluding hydrogens is 286 g/mol. The number of nitrogens with one attached hydrogen (secondary N) is 1. The Morgan fingerprint density at radius 2 is 2.10 bits per heavy atom. The highest BCUT2D eigenvalue weighted by atomic mass is 35.5. The van der Waals surface area contributed by atoms with E-state index >= 15 is 0 Å². The standard InChI is InChI=1S/C13H14ClNO5/c1-13(2,12(17)18)5-15-11(16)7-3-8(14)10-9(4-7)19-6-20-10/h3-4H,5-6H2,1-2H3,(H,15,16)(H,17,18). The number of carbonyl (C=O) groups is 2. The number of carboxylic acids is 1. The van der Waals surface area contributed by atoms with Gasteiger partial charge < -0.3 is 19.9 Å². The van der Waals surface area contributed by atoms with Crippen molar-refractivity contribution < 1.29 is 24.2 Å². The molecule has 0 aromatic heterocycles. The lowest BCUT2D eigenvalue weighted by Crippen LogP contribution is -2.38. The second kappa shape index (κ2) is 5.20. The summed E-state index contributed by atoms with van der Waals surface area (Å²) in [7, 11) is 0. The fraction of sp³-hybridized carbons (Fsp3) is 0.385. The highest BCUT2D eigenvalue weighted by Gasteiger charge is 2.28. The molecule has 2 rings (SSSR count). The third-order valence-electron chi connectivity index (χ3n) is 2.96. The summed E-state index contributed by atoms with van der Waals surface area (Å²) in [5.74, 6) is -0.588. The van der Waals surface area contributed by atoms with Crippen molar-refractivity contribution in [2.75, 3.05) is 13.3 Å². The Kier molecular flexibility index (Phi) is 3.76. The minimum atomic E-state index is -1.05. The van der Waals surface area contributed by atoms with E-state index in [1.165, 1.54) is 26.0 Å². The molecule has 2 N–H and O–H groups in total. The molecule has 108 valence electrons. The molecule has 1 aliphatic rings. The summed E-state index contributed by atoms with van der Waals surface area (Å²) in [5.41, 5.74) is -0.754. The Hall–Kier alpha value is -1.95. The highest BCUT2D eigenvalue weighted by molar-refractivity contribution is 6.32. The van der Waals surface area contributed by atoms with E-state index in [0.29, 0.717) is 17.1 Å². The van der Waals surface area contributed by atoms with Gasteiger partial charge in [-0.3, -0.25) is 9.59 Å². The molecule has 1 aromatic rings. The molecular formula is C13H14ClNO5. The number of hydrogen-bond acceptors (Lipinski definition) is 4. The molecule has 1 aromatic carbocycles. The summed E-state index contributed by atoms with van der Waals surface area (Å²) in [4.78, 5) is 23.0. The normalized spacial score (nSPS) is 13.2. The largest absolute Gasteiger partial charge is 0.481 e. The monoisotopic (exact) mass is 299 g/mol. The van der Waals surface area contributed by atoms with Gasteiger partial charge in [-0.1, -0.05) is 11.6 Å². The number of benzene rings is 1. The zero-order chi connectivity index (χ0) is 14.9. The predicted molar refractivity (Wildman–Crippen MR) is 71.3 cm³/mol. The summed E-state index contributed by atoms with van der Waals surface area (Å²) in [6, 6.07) is 2.97. The molecule has 0 atom stereocenters. The lowest BCUT2D eigenvalue weighted by Gasteiger charge is -2.19. The molecule has 1 aliphatic heterocycles. The fourth-order valence-electron chi connectivity index (χ4n) is 1.58. The molecule has 0 bridgehead atoms. The quantitative estimate of drug-likeness (QED) is 0.887. The van der Waals surface area contributed by atoms with Crippen LogP contribution in [0.1, 0.15) is 24.2 Å². The van der Waals surface area contributed by atoms with Gasteiger partial charge in [0.15, 0.2) is 11.5 Å². The van der Waals surface area contributed by atoms with Crippen LogP contribution in [0, 0.1) is 5.41 Å². The van der Waals surface area contributed by atoms with Crippen molar-refractivity contribution in [2.45, 2.75) is 13.8 Å². The number of amides is 1. The Balaban J connectivity index is 2.11. The van der Waals surface area contributed by atoms with Gasteiger partial charge >= 0.3 is 5.97 Å². The number of hydrogen-bond donors (Lipinski definition) is 2. The third-order valence-corrected chi connectivity index (χ3v) is 3.24. The SMILES string of the molecule is CC(C)(CNC(=O)c1cc(Cl)c2c(c1)OCO2)C(=O)O. The molecule has 0 saturated carbocycles. The van der Waals surface area contributed by atoms with Crippen molar-refractivity contribution in [1.29, 1.82) is 0 Å². The molecule has 0 aliphatic carbocycles. The van der Waals surface area contributed by atoms with Crippen LogP contribution in [0.3, 0.4) is 0 Å². The van der Waals surface area contributed by atoms with Crippen LogP contribution in [0.4, 0.5) is 0 Å². The van der Waals surface area contributed by atoms with Crippen molar-refractivity contribution in [3.8, 4) is 11.5 Å². The predicted octanol–water partition coefficient (Wildman–Crippen LogP) is 1.91. The zero-order valence-corrected chi connectivity index (χ0v) is 11.8. The molecule has 7 heteroatoms. The van der Waals surface area contributed by atoms with Gasteiger partial charge in [0, 0.05) is 12.1 Å². The number of halogens is 1. The Labute approximate surface area is 120 Å². The first kappa shape index (κ1) is 14.5. The Bertz CT molecular complexity index is 570. The van der Waals surface area contributed by atoms with Gasteiger partial charge in [0.2, 0.25) is 6.79 Å². The number of ether oxygens (including phenoxy) is 2. The Morgan fingerprint density at radius 1 is 1.40 bits per heavy atom. The molecule has 1 amide bonds. The lowest BCUT2D eigenvalue weighted by atomic mass is 9.94. The van der Waals surface area contributed by atoms with E-state index in [1.807, 2.05) is 0 Å². The minimum Gasteiger partial charge on any atom is -0.481 e. The van der Waals surface area contributed by atoms with Gasteiger partial charge in [0.25, 0.3) is 5.91 Å². The zero-order valence-electron chi connectivity index (χ0n) is 11.0. The van der Waals surface area contributed by atoms with E-state index in [9.17, 15) is 9.59 Å². The highest BCUT2D eigenvalue weighted by Crippen LogP contribution is 2.39. The third kappa shape index (κ3) is 2.80. The topological polar surface area (TPSA) is 84.9 Å². The summed E-state index contributed by atoms with van der Waals surface area (Å²) >= 11 is 5.98. The number of fused-ring (bicyclic) bond motifs is 1. The van der Waals surface area contributed by atoms with E-state index in [-0.39, 0.29) is 18.4 Å². The van der Waals surface area contributed by atoms with Gasteiger partial charge in [-0.05, 0) is 26.0 Å². The average Bonchev–Trinajstić information content (AvgIpc) is 2.84. The van der Waals surface area contributed by atoms with Crippen molar-refractivity contribution in [1.82, 2.24) is 5.32 Å². The van der Waals surface area contributed by atoms with E-state index in [4.69, 9.17) is 26.2 Å². The van der Waals surface area contributed by atoms with Crippen LogP contribution in [0.2, 0.25) is 5.02 Å². The van der Waals surface area contributed by atoms with Gasteiger partial charge in [-0.2, -0.15) is 0 Å². The van der Waals surface area contributed by atoms with Crippen LogP contribution in [-0.2, 0) is 4.79 Å². The maximum Gasteiger partial charge on any atom is 0.310 e. The maximum absolute atomic E-state index is 12.0. The van der Waals surface area contributed by atoms with Gasteiger partial charge in [0.1, 0.15) is 0 Å². The number of rotatable bonds is 4. The molecule has 0 saturated heterocycles. The van der Waals surface area contributed by atoms with Crippen molar-refractivity contribution in [3.05, 3.63) is 22.7 Å². The summed E-state index contributed by atoms with van der Waals surface area (Å²) in [6.45, 7) is 3.13. The van der Waals surface area contributed by atoms with E-state index in [1.54, 1.807) is 0 Å². The summed E-state index contributed by atoms with van der Waals surface area (Å²) in [6.07, 6.45) is 0. The minimum absolute atomic E-state index is 0.00717. The van der Waals surface area contributed by atoms with Gasteiger partial charge in [-0.25, -0.2) is 0 Å². The Morgan fingerprint density at radius 3 is 2.75 bits per heavy atom. The fourth-order valence-corrected chi connectivity index (χ4v) is 1.84. The molecule has 0 radical (unpaired) electrons. The second-order valence-corrected chi connectivity index (χ2v) is 5.47. The van der Waals surface area contributed by atoms with Crippen LogP contribution in [-0.4, -0.2) is 30.3 Å². The van der Waals surface area contributed by atoms with Crippen LogP contribution in [0.25, 0.3) is 0 Å². The summed E-state index contributed by atoms with van der Waals surface area (Å²) < 4.78 is 10.3. The molecule has 20 heavy (non-hydrogen) atoms. The first-order valence-corrected chi connectivity index (χ1v) is 6.30. The lowest BCUT2D eigenvalue weighted by molar-refractivity contribution is -0.146. The molecule has 6 nitrogen and oxygen atoms in total. The van der Waals surface area contributed by atoms with E-state index in [0.717, 1.165) is 0 Å². The second-order valence-electron chi connectivity index (χ2n) is 5.06. The van der Waals surface area contributed by atoms with Crippen LogP contribution in [0.15, 0.2) is 12.1 Å². The van der Waals surface area contributed by atoms with E-state index in [2.05, 4.69) is 5.32 Å². The molecule has 1 heterocycles. The number of carbonyl (C=O) groups excluding carboxylic acids is 1. The number of carboxylic acid groups (broad SMARTS) is 1. The van der Waals surface area contributed by atoms with Gasteiger partial charge in [-0.15, -0.1) is 0 Å².